The molecular formula is C23H39NO4. The van der Waals surface area contributed by atoms with Crippen molar-refractivity contribution in [1.29, 1.82) is 0 Å². The number of nitrogens with one attached hydrogen (secondary N) is 1. The maximum Gasteiger partial charge on any atom is 0.221 e. The minimum absolute atomic E-state index is 0.0237. The van der Waals surface area contributed by atoms with Crippen LogP contribution in [-0.2, 0) is 15.6 Å². The van der Waals surface area contributed by atoms with Gasteiger partial charge in [0.15, 0.2) is 0 Å². The molecule has 0 aliphatic heterocycles. The standard InChI is InChI=1S/C23H39NO4/c1-9-15(12-19(27)24-23(8,13-25)14-26)16-10-17(21(2,3)4)20(28)18(11-16)22(5,6)7/h10-11,15,25-26,28H,9,12-14H2,1-8H3,(H,24,27). The van der Waals surface area contributed by atoms with E-state index in [9.17, 15) is 20.1 Å². The number of hydrogen-bond acceptors (Lipinski definition) is 4. The third-order valence-electron chi connectivity index (χ3n) is 5.28. The Bertz CT molecular complexity index is 644. The Kier molecular flexibility index (Phi) is 7.71. The first-order chi connectivity index (χ1) is 12.7. The molecule has 5 nitrogen and oxygen atoms in total. The van der Waals surface area contributed by atoms with Crippen molar-refractivity contribution in [1.82, 2.24) is 5.32 Å². The highest BCUT2D eigenvalue weighted by atomic mass is 16.3. The zero-order valence-electron chi connectivity index (χ0n) is 18.8. The summed E-state index contributed by atoms with van der Waals surface area (Å²) >= 11 is 0. The SMILES string of the molecule is CCC(CC(=O)NC(C)(CO)CO)c1cc(C(C)(C)C)c(O)c(C(C)(C)C)c1. The van der Waals surface area contributed by atoms with Crippen LogP contribution in [0.1, 0.15) is 90.8 Å². The van der Waals surface area contributed by atoms with Crippen molar-refractivity contribution < 1.29 is 20.1 Å². The number of phenols is 1. The molecule has 1 aromatic carbocycles. The first-order valence-electron chi connectivity index (χ1n) is 10.1. The molecule has 0 heterocycles. The van der Waals surface area contributed by atoms with E-state index in [-0.39, 0.29) is 42.3 Å². The number of rotatable bonds is 7. The summed E-state index contributed by atoms with van der Waals surface area (Å²) in [5, 5.41) is 32.5. The minimum atomic E-state index is -1.03. The second-order valence-electron chi connectivity index (χ2n) is 10.2. The van der Waals surface area contributed by atoms with E-state index < -0.39 is 5.54 Å². The summed E-state index contributed by atoms with van der Waals surface area (Å²) in [4.78, 5) is 12.6. The number of benzene rings is 1. The quantitative estimate of drug-likeness (QED) is 0.568. The topological polar surface area (TPSA) is 89.8 Å². The van der Waals surface area contributed by atoms with Crippen LogP contribution in [0, 0.1) is 0 Å². The maximum absolute atomic E-state index is 12.6. The molecule has 4 N–H and O–H groups in total. The number of aromatic hydroxyl groups is 1. The van der Waals surface area contributed by atoms with E-state index in [0.29, 0.717) is 5.75 Å². The van der Waals surface area contributed by atoms with Crippen LogP contribution in [0.5, 0.6) is 5.75 Å². The summed E-state index contributed by atoms with van der Waals surface area (Å²) in [5.74, 6) is 0.0979. The van der Waals surface area contributed by atoms with E-state index in [1.807, 2.05) is 19.1 Å². The van der Waals surface area contributed by atoms with Crippen LogP contribution in [0.2, 0.25) is 0 Å². The fourth-order valence-electron chi connectivity index (χ4n) is 3.27. The average Bonchev–Trinajstić information content (AvgIpc) is 2.57. The lowest BCUT2D eigenvalue weighted by molar-refractivity contribution is -0.124. The Balaban J connectivity index is 3.33. The van der Waals surface area contributed by atoms with Gasteiger partial charge in [-0.2, -0.15) is 0 Å². The van der Waals surface area contributed by atoms with Crippen molar-refractivity contribution in [2.45, 2.75) is 90.5 Å². The molecule has 0 radical (unpaired) electrons. The molecule has 0 aliphatic rings. The lowest BCUT2D eigenvalue weighted by Crippen LogP contribution is -2.52. The van der Waals surface area contributed by atoms with Crippen molar-refractivity contribution in [2.24, 2.45) is 0 Å². The Morgan fingerprint density at radius 3 is 1.71 bits per heavy atom. The van der Waals surface area contributed by atoms with Crippen molar-refractivity contribution in [3.05, 3.63) is 28.8 Å². The highest BCUT2D eigenvalue weighted by molar-refractivity contribution is 5.77. The van der Waals surface area contributed by atoms with Gasteiger partial charge >= 0.3 is 0 Å². The normalized spacial score (nSPS) is 14.1. The number of aliphatic hydroxyl groups excluding tert-OH is 2. The van der Waals surface area contributed by atoms with Crippen molar-refractivity contribution in [3.8, 4) is 5.75 Å². The van der Waals surface area contributed by atoms with E-state index >= 15 is 0 Å². The Hall–Kier alpha value is -1.59. The molecule has 1 unspecified atom stereocenters. The summed E-state index contributed by atoms with van der Waals surface area (Å²) in [5.41, 5.74) is 1.30. The molecule has 1 atom stereocenters. The minimum Gasteiger partial charge on any atom is -0.507 e. The van der Waals surface area contributed by atoms with Crippen LogP contribution < -0.4 is 5.32 Å². The third kappa shape index (κ3) is 5.95. The second kappa shape index (κ2) is 8.83. The number of phenolic OH excluding ortho intramolecular Hbond substituents is 1. The number of carbonyl (C=O) groups is 1. The van der Waals surface area contributed by atoms with Crippen LogP contribution in [0.25, 0.3) is 0 Å². The molecule has 1 rings (SSSR count). The number of amides is 1. The average molecular weight is 394 g/mol. The highest BCUT2D eigenvalue weighted by Gasteiger charge is 2.30. The molecule has 0 bridgehead atoms. The largest absolute Gasteiger partial charge is 0.507 e. The molecule has 0 saturated heterocycles. The van der Waals surface area contributed by atoms with E-state index in [0.717, 1.165) is 23.1 Å². The third-order valence-corrected chi connectivity index (χ3v) is 5.28. The van der Waals surface area contributed by atoms with Gasteiger partial charge in [-0.15, -0.1) is 0 Å². The number of hydrogen-bond donors (Lipinski definition) is 4. The van der Waals surface area contributed by atoms with Gasteiger partial charge in [0, 0.05) is 6.42 Å². The van der Waals surface area contributed by atoms with Gasteiger partial charge in [-0.1, -0.05) is 60.6 Å². The zero-order valence-corrected chi connectivity index (χ0v) is 18.8. The fourth-order valence-corrected chi connectivity index (χ4v) is 3.27. The lowest BCUT2D eigenvalue weighted by atomic mass is 9.76. The predicted octanol–water partition coefficient (Wildman–Crippen LogP) is 3.73. The summed E-state index contributed by atoms with van der Waals surface area (Å²) < 4.78 is 0. The molecule has 5 heteroatoms. The van der Waals surface area contributed by atoms with Gasteiger partial charge in [-0.05, 0) is 46.8 Å². The molecule has 0 saturated carbocycles. The van der Waals surface area contributed by atoms with Gasteiger partial charge in [0.05, 0.1) is 18.8 Å². The Morgan fingerprint density at radius 1 is 0.964 bits per heavy atom. The molecule has 160 valence electrons. The number of carbonyl (C=O) groups excluding carboxylic acids is 1. The highest BCUT2D eigenvalue weighted by Crippen LogP contribution is 2.42. The molecule has 0 aliphatic carbocycles. The van der Waals surface area contributed by atoms with Gasteiger partial charge in [0.25, 0.3) is 0 Å². The van der Waals surface area contributed by atoms with Crippen molar-refractivity contribution in [2.75, 3.05) is 13.2 Å². The predicted molar refractivity (Wildman–Crippen MR) is 114 cm³/mol. The number of aliphatic hydroxyl groups is 2. The molecule has 0 spiro atoms. The van der Waals surface area contributed by atoms with Crippen molar-refractivity contribution in [3.63, 3.8) is 0 Å². The first kappa shape index (κ1) is 24.4. The Morgan fingerprint density at radius 2 is 1.39 bits per heavy atom. The van der Waals surface area contributed by atoms with Crippen molar-refractivity contribution >= 4 is 5.91 Å². The molecular weight excluding hydrogens is 354 g/mol. The van der Waals surface area contributed by atoms with Gasteiger partial charge in [0.2, 0.25) is 5.91 Å². The van der Waals surface area contributed by atoms with Crippen LogP contribution in [0.4, 0.5) is 0 Å². The molecule has 1 amide bonds. The molecule has 1 aromatic rings. The zero-order chi connectivity index (χ0) is 21.9. The van der Waals surface area contributed by atoms with Crippen LogP contribution in [-0.4, -0.2) is 40.0 Å². The van der Waals surface area contributed by atoms with Gasteiger partial charge in [-0.3, -0.25) is 4.79 Å². The van der Waals surface area contributed by atoms with Gasteiger partial charge in [0.1, 0.15) is 5.75 Å². The lowest BCUT2D eigenvalue weighted by Gasteiger charge is -2.30. The van der Waals surface area contributed by atoms with Crippen LogP contribution in [0.15, 0.2) is 12.1 Å². The van der Waals surface area contributed by atoms with E-state index in [4.69, 9.17) is 0 Å². The Labute approximate surface area is 170 Å². The van der Waals surface area contributed by atoms with Gasteiger partial charge < -0.3 is 20.6 Å². The summed E-state index contributed by atoms with van der Waals surface area (Å²) in [6.45, 7) is 15.4. The first-order valence-corrected chi connectivity index (χ1v) is 10.1. The van der Waals surface area contributed by atoms with Crippen LogP contribution >= 0.6 is 0 Å². The van der Waals surface area contributed by atoms with Crippen LogP contribution in [0.3, 0.4) is 0 Å². The summed E-state index contributed by atoms with van der Waals surface area (Å²) in [6, 6.07) is 4.03. The molecule has 0 aromatic heterocycles. The fraction of sp³-hybridized carbons (Fsp3) is 0.696. The second-order valence-corrected chi connectivity index (χ2v) is 10.2. The maximum atomic E-state index is 12.6. The molecule has 28 heavy (non-hydrogen) atoms. The van der Waals surface area contributed by atoms with E-state index in [1.165, 1.54) is 0 Å². The smallest absolute Gasteiger partial charge is 0.221 e. The summed E-state index contributed by atoms with van der Waals surface area (Å²) in [7, 11) is 0. The van der Waals surface area contributed by atoms with Gasteiger partial charge in [-0.25, -0.2) is 0 Å². The van der Waals surface area contributed by atoms with E-state index in [2.05, 4.69) is 46.9 Å². The monoisotopic (exact) mass is 393 g/mol. The van der Waals surface area contributed by atoms with E-state index in [1.54, 1.807) is 6.92 Å². The summed E-state index contributed by atoms with van der Waals surface area (Å²) in [6.07, 6.45) is 1.02. The molecule has 0 fully saturated rings.